The van der Waals surface area contributed by atoms with Gasteiger partial charge in [-0.15, -0.1) is 0 Å². The summed E-state index contributed by atoms with van der Waals surface area (Å²) >= 11 is 0. The van der Waals surface area contributed by atoms with Gasteiger partial charge < -0.3 is 19.2 Å². The summed E-state index contributed by atoms with van der Waals surface area (Å²) in [7, 11) is 0. The molecule has 0 amide bonds. The van der Waals surface area contributed by atoms with Gasteiger partial charge in [-0.05, 0) is 75.5 Å². The minimum Gasteiger partial charge on any atom is -0.493 e. The molecular weight excluding hydrogens is 416 g/mol. The number of benzene rings is 2. The molecule has 0 aliphatic carbocycles. The van der Waals surface area contributed by atoms with Crippen molar-refractivity contribution in [3.63, 3.8) is 0 Å². The van der Waals surface area contributed by atoms with E-state index in [-0.39, 0.29) is 17.8 Å². The van der Waals surface area contributed by atoms with Gasteiger partial charge in [-0.1, -0.05) is 30.3 Å². The predicted molar refractivity (Wildman–Crippen MR) is 127 cm³/mol. The van der Waals surface area contributed by atoms with Crippen molar-refractivity contribution in [2.75, 3.05) is 26.3 Å². The van der Waals surface area contributed by atoms with Gasteiger partial charge in [0.15, 0.2) is 0 Å². The third kappa shape index (κ3) is 6.02. The number of nitrogens with one attached hydrogen (secondary N) is 1. The Bertz CT molecular complexity index is 1050. The molecule has 2 atom stereocenters. The van der Waals surface area contributed by atoms with E-state index in [1.165, 1.54) is 5.56 Å². The van der Waals surface area contributed by atoms with Gasteiger partial charge in [-0.2, -0.15) is 0 Å². The first kappa shape index (κ1) is 23.1. The van der Waals surface area contributed by atoms with Crippen molar-refractivity contribution < 1.29 is 18.7 Å². The molecule has 0 radical (unpaired) electrons. The number of hydrogen-bond acceptors (Lipinski definition) is 6. The molecule has 6 nitrogen and oxygen atoms in total. The van der Waals surface area contributed by atoms with Crippen LogP contribution in [0.15, 0.2) is 59.0 Å². The van der Waals surface area contributed by atoms with Crippen LogP contribution in [0.1, 0.15) is 30.4 Å². The molecule has 1 N–H and O–H groups in total. The van der Waals surface area contributed by atoms with Gasteiger partial charge in [0.05, 0.1) is 24.8 Å². The summed E-state index contributed by atoms with van der Waals surface area (Å²) in [5.74, 6) is 2.39. The number of ether oxygens (including phenoxy) is 2. The number of piperidine rings is 1. The number of carbonyl (C=O) groups is 1. The molecule has 1 aliphatic heterocycles. The Labute approximate surface area is 195 Å². The van der Waals surface area contributed by atoms with E-state index < -0.39 is 0 Å². The average Bonchev–Trinajstić information content (AvgIpc) is 3.21. The summed E-state index contributed by atoms with van der Waals surface area (Å²) in [5.41, 5.74) is 3.05. The zero-order valence-electron chi connectivity index (χ0n) is 19.4. The molecule has 33 heavy (non-hydrogen) atoms. The van der Waals surface area contributed by atoms with Crippen molar-refractivity contribution in [1.29, 1.82) is 0 Å². The van der Waals surface area contributed by atoms with Crippen LogP contribution < -0.4 is 10.1 Å². The molecule has 2 unspecified atom stereocenters. The Hall–Kier alpha value is -3.12. The van der Waals surface area contributed by atoms with Crippen molar-refractivity contribution in [1.82, 2.24) is 10.3 Å². The largest absolute Gasteiger partial charge is 0.493 e. The van der Waals surface area contributed by atoms with E-state index in [0.29, 0.717) is 25.5 Å². The summed E-state index contributed by atoms with van der Waals surface area (Å²) < 4.78 is 17.2. The van der Waals surface area contributed by atoms with Crippen molar-refractivity contribution in [2.24, 2.45) is 11.8 Å². The van der Waals surface area contributed by atoms with Crippen LogP contribution in [0.25, 0.3) is 11.5 Å². The monoisotopic (exact) mass is 448 g/mol. The summed E-state index contributed by atoms with van der Waals surface area (Å²) in [6, 6.07) is 18.1. The second-order valence-electron chi connectivity index (χ2n) is 8.45. The predicted octanol–water partition coefficient (Wildman–Crippen LogP) is 4.60. The van der Waals surface area contributed by atoms with Crippen molar-refractivity contribution >= 4 is 5.97 Å². The Morgan fingerprint density at radius 2 is 2.03 bits per heavy atom. The number of rotatable bonds is 9. The van der Waals surface area contributed by atoms with Gasteiger partial charge in [0.25, 0.3) is 0 Å². The standard InChI is InChI=1S/C27H32N2O4/c1-3-31-27(30)24-12-14-28-18-22(24)16-20-8-7-11-23(17-20)32-15-13-25-19(2)33-26(29-25)21-9-5-4-6-10-21/h4-11,17,22,24,28H,3,12-16,18H2,1-2H3. The molecule has 1 aromatic heterocycles. The van der Waals surface area contributed by atoms with E-state index in [1.807, 2.05) is 56.3 Å². The van der Waals surface area contributed by atoms with Crippen LogP contribution in [-0.2, 0) is 22.4 Å². The quantitative estimate of drug-likeness (QED) is 0.482. The van der Waals surface area contributed by atoms with Crippen LogP contribution in [0.4, 0.5) is 0 Å². The zero-order valence-corrected chi connectivity index (χ0v) is 19.4. The Balaban J connectivity index is 1.34. The molecule has 0 saturated carbocycles. The average molecular weight is 449 g/mol. The summed E-state index contributed by atoms with van der Waals surface area (Å²) in [5, 5.41) is 3.41. The first-order valence-electron chi connectivity index (χ1n) is 11.7. The van der Waals surface area contributed by atoms with Gasteiger partial charge in [0.1, 0.15) is 11.5 Å². The summed E-state index contributed by atoms with van der Waals surface area (Å²) in [6.07, 6.45) is 2.31. The third-order valence-corrected chi connectivity index (χ3v) is 6.11. The second kappa shape index (κ2) is 11.1. The van der Waals surface area contributed by atoms with E-state index in [2.05, 4.69) is 22.4 Å². The fourth-order valence-corrected chi connectivity index (χ4v) is 4.39. The Morgan fingerprint density at radius 1 is 1.18 bits per heavy atom. The summed E-state index contributed by atoms with van der Waals surface area (Å²) in [4.78, 5) is 17.0. The fourth-order valence-electron chi connectivity index (χ4n) is 4.39. The minimum absolute atomic E-state index is 0.0512. The minimum atomic E-state index is -0.0748. The lowest BCUT2D eigenvalue weighted by atomic mass is 9.82. The molecular formula is C27H32N2O4. The Morgan fingerprint density at radius 3 is 2.85 bits per heavy atom. The molecule has 174 valence electrons. The lowest BCUT2D eigenvalue weighted by Crippen LogP contribution is -2.41. The second-order valence-corrected chi connectivity index (χ2v) is 8.45. The molecule has 2 heterocycles. The van der Waals surface area contributed by atoms with Crippen LogP contribution in [0.3, 0.4) is 0 Å². The number of carbonyl (C=O) groups excluding carboxylic acids is 1. The highest BCUT2D eigenvalue weighted by Gasteiger charge is 2.32. The molecule has 0 spiro atoms. The van der Waals surface area contributed by atoms with E-state index >= 15 is 0 Å². The maximum Gasteiger partial charge on any atom is 0.309 e. The van der Waals surface area contributed by atoms with Crippen molar-refractivity contribution in [3.8, 4) is 17.2 Å². The molecule has 1 saturated heterocycles. The van der Waals surface area contributed by atoms with E-state index in [9.17, 15) is 4.79 Å². The highest BCUT2D eigenvalue weighted by atomic mass is 16.5. The molecule has 2 aromatic carbocycles. The number of nitrogens with zero attached hydrogens (tertiary/aromatic N) is 1. The third-order valence-electron chi connectivity index (χ3n) is 6.11. The van der Waals surface area contributed by atoms with Gasteiger partial charge in [0.2, 0.25) is 5.89 Å². The summed E-state index contributed by atoms with van der Waals surface area (Å²) in [6.45, 7) is 6.42. The van der Waals surface area contributed by atoms with Crippen LogP contribution >= 0.6 is 0 Å². The number of hydrogen-bond donors (Lipinski definition) is 1. The Kier molecular flexibility index (Phi) is 7.79. The SMILES string of the molecule is CCOC(=O)C1CCNCC1Cc1cccc(OCCc2nc(-c3ccccc3)oc2C)c1. The smallest absolute Gasteiger partial charge is 0.309 e. The van der Waals surface area contributed by atoms with E-state index in [1.54, 1.807) is 0 Å². The lowest BCUT2D eigenvalue weighted by Gasteiger charge is -2.30. The molecule has 0 bridgehead atoms. The van der Waals surface area contributed by atoms with Crippen LogP contribution in [0.2, 0.25) is 0 Å². The fraction of sp³-hybridized carbons (Fsp3) is 0.407. The number of oxazole rings is 1. The molecule has 3 aromatic rings. The van der Waals surface area contributed by atoms with Crippen LogP contribution in [-0.4, -0.2) is 37.3 Å². The normalized spacial score (nSPS) is 18.1. The topological polar surface area (TPSA) is 73.6 Å². The molecule has 1 fully saturated rings. The van der Waals surface area contributed by atoms with Crippen molar-refractivity contribution in [2.45, 2.75) is 33.1 Å². The molecule has 1 aliphatic rings. The number of aryl methyl sites for hydroxylation is 1. The van der Waals surface area contributed by atoms with Crippen molar-refractivity contribution in [3.05, 3.63) is 71.6 Å². The van der Waals surface area contributed by atoms with Crippen LogP contribution in [0.5, 0.6) is 5.75 Å². The maximum atomic E-state index is 12.4. The van der Waals surface area contributed by atoms with E-state index in [0.717, 1.165) is 48.7 Å². The zero-order chi connectivity index (χ0) is 23.0. The highest BCUT2D eigenvalue weighted by molar-refractivity contribution is 5.73. The van der Waals surface area contributed by atoms with E-state index in [4.69, 9.17) is 13.9 Å². The molecule has 4 rings (SSSR count). The lowest BCUT2D eigenvalue weighted by molar-refractivity contribution is -0.150. The number of aromatic nitrogens is 1. The maximum absolute atomic E-state index is 12.4. The first-order chi connectivity index (χ1) is 16.1. The van der Waals surface area contributed by atoms with Gasteiger partial charge in [0, 0.05) is 12.0 Å². The van der Waals surface area contributed by atoms with Crippen LogP contribution in [0, 0.1) is 18.8 Å². The van der Waals surface area contributed by atoms with Gasteiger partial charge >= 0.3 is 5.97 Å². The first-order valence-corrected chi connectivity index (χ1v) is 11.7. The number of esters is 1. The molecule has 6 heteroatoms. The van der Waals surface area contributed by atoms with Gasteiger partial charge in [-0.25, -0.2) is 4.98 Å². The van der Waals surface area contributed by atoms with Gasteiger partial charge in [-0.3, -0.25) is 4.79 Å². The highest BCUT2D eigenvalue weighted by Crippen LogP contribution is 2.26.